The van der Waals surface area contributed by atoms with Crippen molar-refractivity contribution in [1.82, 2.24) is 9.78 Å². The zero-order valence-electron chi connectivity index (χ0n) is 12.3. The summed E-state index contributed by atoms with van der Waals surface area (Å²) < 4.78 is 6.93. The Labute approximate surface area is 129 Å². The van der Waals surface area contributed by atoms with Crippen LogP contribution in [0.5, 0.6) is 0 Å². The molecule has 2 aliphatic carbocycles. The van der Waals surface area contributed by atoms with Crippen molar-refractivity contribution in [3.05, 3.63) is 21.6 Å². The van der Waals surface area contributed by atoms with Crippen LogP contribution in [0.1, 0.15) is 38.5 Å². The molecule has 3 rings (SSSR count). The summed E-state index contributed by atoms with van der Waals surface area (Å²) in [4.78, 5) is 12.5. The lowest BCUT2D eigenvalue weighted by Crippen LogP contribution is -2.32. The number of aromatic nitrogens is 2. The number of hydrogen-bond acceptors (Lipinski definition) is 4. The number of nitrogens with zero attached hydrogens (tertiary/aromatic N) is 2. The molecule has 0 amide bonds. The summed E-state index contributed by atoms with van der Waals surface area (Å²) >= 11 is 6.17. The maximum atomic E-state index is 12.5. The zero-order valence-corrected chi connectivity index (χ0v) is 13.1. The minimum absolute atomic E-state index is 0.102. The van der Waals surface area contributed by atoms with Gasteiger partial charge in [0.15, 0.2) is 0 Å². The summed E-state index contributed by atoms with van der Waals surface area (Å²) in [7, 11) is 1.73. The molecule has 0 aliphatic heterocycles. The molecule has 0 saturated heterocycles. The first-order valence-electron chi connectivity index (χ1n) is 7.72. The van der Waals surface area contributed by atoms with Gasteiger partial charge in [-0.25, -0.2) is 4.68 Å². The second-order valence-electron chi connectivity index (χ2n) is 6.16. The van der Waals surface area contributed by atoms with Gasteiger partial charge in [0.2, 0.25) is 0 Å². The van der Waals surface area contributed by atoms with Gasteiger partial charge in [-0.3, -0.25) is 4.79 Å². The van der Waals surface area contributed by atoms with E-state index in [1.165, 1.54) is 19.3 Å². The molecule has 1 N–H and O–H groups in total. The van der Waals surface area contributed by atoms with E-state index in [1.807, 2.05) is 0 Å². The number of halogens is 1. The molecule has 5 nitrogen and oxygen atoms in total. The van der Waals surface area contributed by atoms with Crippen molar-refractivity contribution in [1.29, 1.82) is 0 Å². The average Bonchev–Trinajstić information content (AvgIpc) is 2.88. The highest BCUT2D eigenvalue weighted by molar-refractivity contribution is 6.33. The van der Waals surface area contributed by atoms with E-state index < -0.39 is 0 Å². The number of anilines is 1. The SMILES string of the molecule is COC1CCC(Nc2c(Cl)cnn(CC3CCC3)c2=O)C1. The van der Waals surface area contributed by atoms with Gasteiger partial charge in [-0.1, -0.05) is 18.0 Å². The first-order valence-corrected chi connectivity index (χ1v) is 8.10. The van der Waals surface area contributed by atoms with Crippen molar-refractivity contribution in [3.8, 4) is 0 Å². The molecule has 2 unspecified atom stereocenters. The maximum Gasteiger partial charge on any atom is 0.291 e. The number of ether oxygens (including phenoxy) is 1. The quantitative estimate of drug-likeness (QED) is 0.908. The summed E-state index contributed by atoms with van der Waals surface area (Å²) in [5, 5.41) is 7.89. The van der Waals surface area contributed by atoms with Crippen LogP contribution in [-0.2, 0) is 11.3 Å². The van der Waals surface area contributed by atoms with Crippen LogP contribution in [0.2, 0.25) is 5.02 Å². The minimum Gasteiger partial charge on any atom is -0.381 e. The smallest absolute Gasteiger partial charge is 0.291 e. The number of rotatable bonds is 5. The highest BCUT2D eigenvalue weighted by Crippen LogP contribution is 2.28. The van der Waals surface area contributed by atoms with Gasteiger partial charge >= 0.3 is 0 Å². The predicted molar refractivity (Wildman–Crippen MR) is 82.9 cm³/mol. The molecule has 0 bridgehead atoms. The molecule has 116 valence electrons. The van der Waals surface area contributed by atoms with E-state index >= 15 is 0 Å². The summed E-state index contributed by atoms with van der Waals surface area (Å²) in [5.74, 6) is 0.591. The second-order valence-corrected chi connectivity index (χ2v) is 6.57. The molecule has 1 aromatic heterocycles. The van der Waals surface area contributed by atoms with Crippen LogP contribution in [0.4, 0.5) is 5.69 Å². The second kappa shape index (κ2) is 6.36. The largest absolute Gasteiger partial charge is 0.381 e. The molecule has 1 aromatic rings. The Morgan fingerprint density at radius 3 is 2.86 bits per heavy atom. The predicted octanol–water partition coefficient (Wildman–Crippen LogP) is 2.68. The maximum absolute atomic E-state index is 12.5. The van der Waals surface area contributed by atoms with Gasteiger partial charge in [-0.15, -0.1) is 0 Å². The number of nitrogens with one attached hydrogen (secondary N) is 1. The molecule has 2 aliphatic rings. The van der Waals surface area contributed by atoms with Gasteiger partial charge in [0.05, 0.1) is 17.3 Å². The normalized spacial score (nSPS) is 25.8. The standard InChI is InChI=1S/C15H22ClN3O2/c1-21-12-6-5-11(7-12)18-14-13(16)8-17-19(15(14)20)9-10-3-2-4-10/h8,10-12,18H,2-7,9H2,1H3. The Kier molecular flexibility index (Phi) is 4.50. The van der Waals surface area contributed by atoms with E-state index in [-0.39, 0.29) is 17.7 Å². The van der Waals surface area contributed by atoms with Crippen LogP contribution in [-0.4, -0.2) is 29.0 Å². The van der Waals surface area contributed by atoms with Crippen molar-refractivity contribution in [2.45, 2.75) is 57.2 Å². The molecule has 2 saturated carbocycles. The van der Waals surface area contributed by atoms with Crippen molar-refractivity contribution >= 4 is 17.3 Å². The van der Waals surface area contributed by atoms with E-state index in [1.54, 1.807) is 18.0 Å². The third kappa shape index (κ3) is 3.24. The Morgan fingerprint density at radius 1 is 1.43 bits per heavy atom. The molecule has 0 spiro atoms. The van der Waals surface area contributed by atoms with E-state index in [2.05, 4.69) is 10.4 Å². The summed E-state index contributed by atoms with van der Waals surface area (Å²) in [6.45, 7) is 0.704. The van der Waals surface area contributed by atoms with Gasteiger partial charge in [0, 0.05) is 19.7 Å². The molecule has 2 atom stereocenters. The Hall–Kier alpha value is -1.07. The van der Waals surface area contributed by atoms with Crippen LogP contribution in [0.15, 0.2) is 11.0 Å². The van der Waals surface area contributed by atoms with E-state index in [0.29, 0.717) is 23.2 Å². The summed E-state index contributed by atoms with van der Waals surface area (Å²) in [6.07, 6.45) is 8.43. The lowest BCUT2D eigenvalue weighted by molar-refractivity contribution is 0.108. The van der Waals surface area contributed by atoms with Crippen LogP contribution >= 0.6 is 11.6 Å². The topological polar surface area (TPSA) is 56.1 Å². The molecule has 2 fully saturated rings. The molecule has 0 radical (unpaired) electrons. The highest BCUT2D eigenvalue weighted by atomic mass is 35.5. The zero-order chi connectivity index (χ0) is 14.8. The third-order valence-corrected chi connectivity index (χ3v) is 5.01. The van der Waals surface area contributed by atoms with Crippen LogP contribution in [0.3, 0.4) is 0 Å². The fourth-order valence-corrected chi connectivity index (χ4v) is 3.32. The van der Waals surface area contributed by atoms with Gasteiger partial charge < -0.3 is 10.1 Å². The van der Waals surface area contributed by atoms with Crippen LogP contribution < -0.4 is 10.9 Å². The summed E-state index contributed by atoms with van der Waals surface area (Å²) in [5.41, 5.74) is 0.392. The monoisotopic (exact) mass is 311 g/mol. The number of hydrogen-bond donors (Lipinski definition) is 1. The fourth-order valence-electron chi connectivity index (χ4n) is 3.14. The van der Waals surface area contributed by atoms with Crippen molar-refractivity contribution in [2.24, 2.45) is 5.92 Å². The fraction of sp³-hybridized carbons (Fsp3) is 0.733. The number of methoxy groups -OCH3 is 1. The molecular weight excluding hydrogens is 290 g/mol. The highest BCUT2D eigenvalue weighted by Gasteiger charge is 2.26. The lowest BCUT2D eigenvalue weighted by Gasteiger charge is -2.25. The molecule has 0 aromatic carbocycles. The Balaban J connectivity index is 1.74. The van der Waals surface area contributed by atoms with Crippen molar-refractivity contribution in [2.75, 3.05) is 12.4 Å². The first kappa shape index (κ1) is 14.9. The van der Waals surface area contributed by atoms with E-state index in [0.717, 1.165) is 19.3 Å². The van der Waals surface area contributed by atoms with Gasteiger partial charge in [0.25, 0.3) is 5.56 Å². The van der Waals surface area contributed by atoms with E-state index in [9.17, 15) is 4.79 Å². The van der Waals surface area contributed by atoms with Crippen LogP contribution in [0.25, 0.3) is 0 Å². The first-order chi connectivity index (χ1) is 10.2. The van der Waals surface area contributed by atoms with Gasteiger partial charge in [-0.2, -0.15) is 5.10 Å². The Bertz CT molecular complexity index is 556. The van der Waals surface area contributed by atoms with Crippen molar-refractivity contribution in [3.63, 3.8) is 0 Å². The van der Waals surface area contributed by atoms with Gasteiger partial charge in [-0.05, 0) is 38.0 Å². The minimum atomic E-state index is -0.102. The average molecular weight is 312 g/mol. The molecular formula is C15H22ClN3O2. The summed E-state index contributed by atoms with van der Waals surface area (Å²) in [6, 6.07) is 0.250. The molecule has 6 heteroatoms. The third-order valence-electron chi connectivity index (χ3n) is 4.72. The van der Waals surface area contributed by atoms with Gasteiger partial charge in [0.1, 0.15) is 5.69 Å². The van der Waals surface area contributed by atoms with Crippen LogP contribution in [0, 0.1) is 5.92 Å². The van der Waals surface area contributed by atoms with Crippen molar-refractivity contribution < 1.29 is 4.74 Å². The molecule has 1 heterocycles. The molecule has 21 heavy (non-hydrogen) atoms. The van der Waals surface area contributed by atoms with E-state index in [4.69, 9.17) is 16.3 Å². The lowest BCUT2D eigenvalue weighted by atomic mass is 9.85. The Morgan fingerprint density at radius 2 is 2.24 bits per heavy atom.